The number of likely N-dealkylation sites (tertiary alicyclic amines) is 2. The van der Waals surface area contributed by atoms with Crippen LogP contribution in [-0.4, -0.2) is 68.6 Å². The van der Waals surface area contributed by atoms with Crippen molar-refractivity contribution in [3.8, 4) is 0 Å². The van der Waals surface area contributed by atoms with E-state index in [1.54, 1.807) is 0 Å². The van der Waals surface area contributed by atoms with Crippen LogP contribution >= 0.6 is 0 Å². The zero-order valence-corrected chi connectivity index (χ0v) is 16.6. The van der Waals surface area contributed by atoms with Crippen LogP contribution in [0.2, 0.25) is 0 Å². The lowest BCUT2D eigenvalue weighted by atomic mass is 10.1. The van der Waals surface area contributed by atoms with Crippen LogP contribution in [0.1, 0.15) is 24.8 Å². The minimum absolute atomic E-state index is 0.785. The second kappa shape index (κ2) is 8.79. The topological polar surface area (TPSA) is 34.1 Å². The molecular formula is C22H33N5. The van der Waals surface area contributed by atoms with E-state index >= 15 is 0 Å². The van der Waals surface area contributed by atoms with Gasteiger partial charge in [0.2, 0.25) is 0 Å². The van der Waals surface area contributed by atoms with E-state index in [1.807, 2.05) is 7.05 Å². The first-order valence-corrected chi connectivity index (χ1v) is 10.5. The first-order valence-electron chi connectivity index (χ1n) is 10.5. The van der Waals surface area contributed by atoms with E-state index in [-0.39, 0.29) is 0 Å². The van der Waals surface area contributed by atoms with Gasteiger partial charge in [-0.2, -0.15) is 0 Å². The molecule has 0 bridgehead atoms. The van der Waals surface area contributed by atoms with Gasteiger partial charge in [0, 0.05) is 52.0 Å². The molecule has 1 aromatic carbocycles. The first kappa shape index (κ1) is 18.4. The molecule has 1 atom stereocenters. The highest BCUT2D eigenvalue weighted by Gasteiger charge is 2.27. The van der Waals surface area contributed by atoms with Gasteiger partial charge < -0.3 is 20.0 Å². The summed E-state index contributed by atoms with van der Waals surface area (Å²) < 4.78 is 0. The van der Waals surface area contributed by atoms with Gasteiger partial charge in [0.05, 0.1) is 0 Å². The minimum Gasteiger partial charge on any atom is -0.364 e. The predicted molar refractivity (Wildman–Crippen MR) is 113 cm³/mol. The molecule has 3 aliphatic heterocycles. The summed E-state index contributed by atoms with van der Waals surface area (Å²) in [6.07, 6.45) is 8.52. The SMILES string of the molecule is CN=C(NCc1cccc(N2CC=CC2)c1)N1CCC(CN2CCCC2)C1. The third kappa shape index (κ3) is 4.64. The lowest BCUT2D eigenvalue weighted by Crippen LogP contribution is -2.40. The van der Waals surface area contributed by atoms with Gasteiger partial charge in [0.25, 0.3) is 0 Å². The lowest BCUT2D eigenvalue weighted by Gasteiger charge is -2.24. The van der Waals surface area contributed by atoms with Crippen LogP contribution < -0.4 is 10.2 Å². The molecule has 0 saturated carbocycles. The summed E-state index contributed by atoms with van der Waals surface area (Å²) in [5.41, 5.74) is 2.62. The van der Waals surface area contributed by atoms with Crippen molar-refractivity contribution in [1.82, 2.24) is 15.1 Å². The van der Waals surface area contributed by atoms with Crippen molar-refractivity contribution < 1.29 is 0 Å². The third-order valence-electron chi connectivity index (χ3n) is 6.06. The Kier molecular flexibility index (Phi) is 5.97. The first-order chi connectivity index (χ1) is 13.3. The molecule has 2 saturated heterocycles. The summed E-state index contributed by atoms with van der Waals surface area (Å²) in [6, 6.07) is 8.87. The second-order valence-electron chi connectivity index (χ2n) is 8.06. The van der Waals surface area contributed by atoms with Crippen LogP contribution in [0.25, 0.3) is 0 Å². The zero-order chi connectivity index (χ0) is 18.5. The fraction of sp³-hybridized carbons (Fsp3) is 0.591. The van der Waals surface area contributed by atoms with Crippen molar-refractivity contribution in [3.63, 3.8) is 0 Å². The summed E-state index contributed by atoms with van der Waals surface area (Å²) in [5.74, 6) is 1.83. The van der Waals surface area contributed by atoms with E-state index in [2.05, 4.69) is 61.4 Å². The molecule has 1 aromatic rings. The van der Waals surface area contributed by atoms with E-state index in [0.717, 1.165) is 44.6 Å². The Morgan fingerprint density at radius 1 is 1.15 bits per heavy atom. The maximum absolute atomic E-state index is 4.55. The molecule has 1 N–H and O–H groups in total. The number of benzene rings is 1. The molecule has 146 valence electrons. The van der Waals surface area contributed by atoms with Gasteiger partial charge in [-0.25, -0.2) is 0 Å². The fourth-order valence-corrected chi connectivity index (χ4v) is 4.57. The van der Waals surface area contributed by atoms with E-state index in [4.69, 9.17) is 0 Å². The molecule has 1 unspecified atom stereocenters. The predicted octanol–water partition coefficient (Wildman–Crippen LogP) is 2.56. The average molecular weight is 368 g/mol. The number of rotatable bonds is 5. The van der Waals surface area contributed by atoms with E-state index in [0.29, 0.717) is 0 Å². The Hall–Kier alpha value is -2.01. The van der Waals surface area contributed by atoms with Crippen molar-refractivity contribution in [2.24, 2.45) is 10.9 Å². The van der Waals surface area contributed by atoms with Crippen molar-refractivity contribution in [1.29, 1.82) is 0 Å². The molecule has 0 aromatic heterocycles. The van der Waals surface area contributed by atoms with Gasteiger partial charge in [0.1, 0.15) is 0 Å². The third-order valence-corrected chi connectivity index (χ3v) is 6.06. The van der Waals surface area contributed by atoms with Crippen molar-refractivity contribution >= 4 is 11.6 Å². The Morgan fingerprint density at radius 3 is 2.74 bits per heavy atom. The highest BCUT2D eigenvalue weighted by Crippen LogP contribution is 2.21. The quantitative estimate of drug-likeness (QED) is 0.493. The van der Waals surface area contributed by atoms with Crippen LogP contribution in [-0.2, 0) is 6.54 Å². The molecule has 0 radical (unpaired) electrons. The van der Waals surface area contributed by atoms with E-state index in [9.17, 15) is 0 Å². The molecular weight excluding hydrogens is 334 g/mol. The highest BCUT2D eigenvalue weighted by molar-refractivity contribution is 5.80. The normalized spacial score (nSPS) is 23.6. The molecule has 0 aliphatic carbocycles. The second-order valence-corrected chi connectivity index (χ2v) is 8.06. The lowest BCUT2D eigenvalue weighted by molar-refractivity contribution is 0.281. The van der Waals surface area contributed by atoms with Crippen molar-refractivity contribution in [2.45, 2.75) is 25.8 Å². The zero-order valence-electron chi connectivity index (χ0n) is 16.6. The maximum atomic E-state index is 4.55. The Morgan fingerprint density at radius 2 is 1.96 bits per heavy atom. The monoisotopic (exact) mass is 367 g/mol. The van der Waals surface area contributed by atoms with Gasteiger partial charge in [-0.05, 0) is 56.0 Å². The van der Waals surface area contributed by atoms with Crippen LogP contribution in [0.3, 0.4) is 0 Å². The van der Waals surface area contributed by atoms with Crippen LogP contribution in [0.5, 0.6) is 0 Å². The number of anilines is 1. The van der Waals surface area contributed by atoms with Crippen LogP contribution in [0.15, 0.2) is 41.4 Å². The van der Waals surface area contributed by atoms with Crippen molar-refractivity contribution in [3.05, 3.63) is 42.0 Å². The Bertz CT molecular complexity index is 669. The van der Waals surface area contributed by atoms with Gasteiger partial charge in [0.15, 0.2) is 5.96 Å². The average Bonchev–Trinajstić information content (AvgIpc) is 3.46. The number of hydrogen-bond acceptors (Lipinski definition) is 3. The van der Waals surface area contributed by atoms with Crippen LogP contribution in [0.4, 0.5) is 5.69 Å². The van der Waals surface area contributed by atoms with Gasteiger partial charge in [-0.3, -0.25) is 4.99 Å². The largest absolute Gasteiger partial charge is 0.364 e. The molecule has 3 heterocycles. The fourth-order valence-electron chi connectivity index (χ4n) is 4.57. The number of nitrogens with one attached hydrogen (secondary N) is 1. The Balaban J connectivity index is 1.28. The molecule has 0 amide bonds. The molecule has 2 fully saturated rings. The number of hydrogen-bond donors (Lipinski definition) is 1. The highest BCUT2D eigenvalue weighted by atomic mass is 15.3. The summed E-state index contributed by atoms with van der Waals surface area (Å²) in [6.45, 7) is 8.98. The summed E-state index contributed by atoms with van der Waals surface area (Å²) in [5, 5.41) is 3.59. The summed E-state index contributed by atoms with van der Waals surface area (Å²) in [4.78, 5) is 12.0. The molecule has 5 nitrogen and oxygen atoms in total. The smallest absolute Gasteiger partial charge is 0.193 e. The molecule has 5 heteroatoms. The maximum Gasteiger partial charge on any atom is 0.193 e. The Labute approximate surface area is 163 Å². The number of nitrogens with zero attached hydrogens (tertiary/aromatic N) is 4. The minimum atomic E-state index is 0.785. The van der Waals surface area contributed by atoms with Gasteiger partial charge in [-0.1, -0.05) is 24.3 Å². The van der Waals surface area contributed by atoms with Crippen molar-refractivity contribution in [2.75, 3.05) is 57.8 Å². The molecule has 0 spiro atoms. The van der Waals surface area contributed by atoms with Gasteiger partial charge >= 0.3 is 0 Å². The van der Waals surface area contributed by atoms with Crippen LogP contribution in [0, 0.1) is 5.92 Å². The number of aliphatic imine (C=N–C) groups is 1. The molecule has 3 aliphatic rings. The molecule has 4 rings (SSSR count). The van der Waals surface area contributed by atoms with Gasteiger partial charge in [-0.15, -0.1) is 0 Å². The number of guanidine groups is 1. The molecule has 27 heavy (non-hydrogen) atoms. The van der Waals surface area contributed by atoms with E-state index < -0.39 is 0 Å². The summed E-state index contributed by atoms with van der Waals surface area (Å²) in [7, 11) is 1.91. The summed E-state index contributed by atoms with van der Waals surface area (Å²) >= 11 is 0. The standard InChI is InChI=1S/C22H33N5/c1-23-22(27-14-9-20(18-27)17-25-10-2-3-11-25)24-16-19-7-6-8-21(15-19)26-12-4-5-13-26/h4-8,15,20H,2-3,9-14,16-18H2,1H3,(H,23,24). The van der Waals surface area contributed by atoms with E-state index in [1.165, 1.54) is 50.1 Å².